The zero-order valence-electron chi connectivity index (χ0n) is 9.59. The van der Waals surface area contributed by atoms with Crippen LogP contribution in [-0.4, -0.2) is 49.3 Å². The molecule has 92 valence electrons. The lowest BCUT2D eigenvalue weighted by atomic mass is 9.96. The number of hydrogen-bond donors (Lipinski definition) is 4. The minimum Gasteiger partial charge on any atom is -0.387 e. The van der Waals surface area contributed by atoms with Gasteiger partial charge >= 0.3 is 0 Å². The Bertz CT molecular complexity index is 246. The number of hydrogen-bond acceptors (Lipinski definition) is 4. The van der Waals surface area contributed by atoms with Crippen LogP contribution in [0.25, 0.3) is 0 Å². The van der Waals surface area contributed by atoms with Gasteiger partial charge < -0.3 is 21.1 Å². The van der Waals surface area contributed by atoms with Crippen LogP contribution in [0.15, 0.2) is 0 Å². The van der Waals surface area contributed by atoms with E-state index in [0.29, 0.717) is 13.1 Å². The van der Waals surface area contributed by atoms with Gasteiger partial charge in [0.15, 0.2) is 0 Å². The second kappa shape index (κ2) is 5.12. The molecule has 0 bridgehead atoms. The van der Waals surface area contributed by atoms with Crippen LogP contribution < -0.4 is 16.0 Å². The largest absolute Gasteiger partial charge is 0.387 e. The van der Waals surface area contributed by atoms with E-state index in [4.69, 9.17) is 0 Å². The average molecular weight is 227 g/mol. The van der Waals surface area contributed by atoms with Gasteiger partial charge in [0.2, 0.25) is 5.91 Å². The molecule has 1 amide bonds. The Hall–Kier alpha value is -0.650. The SMILES string of the molecule is O=C(NCC1(O)CCNC1)C1CCNCC1. The Morgan fingerprint density at radius 3 is 2.69 bits per heavy atom. The van der Waals surface area contributed by atoms with E-state index in [1.807, 2.05) is 0 Å². The minimum atomic E-state index is -0.734. The Morgan fingerprint density at radius 1 is 1.31 bits per heavy atom. The fourth-order valence-electron chi connectivity index (χ4n) is 2.36. The Morgan fingerprint density at radius 2 is 2.06 bits per heavy atom. The van der Waals surface area contributed by atoms with Crippen molar-refractivity contribution in [3.05, 3.63) is 0 Å². The molecule has 0 aromatic rings. The Balaban J connectivity index is 1.74. The monoisotopic (exact) mass is 227 g/mol. The lowest BCUT2D eigenvalue weighted by Gasteiger charge is -2.25. The van der Waals surface area contributed by atoms with Gasteiger partial charge in [-0.3, -0.25) is 4.79 Å². The molecule has 0 radical (unpaired) electrons. The number of aliphatic hydroxyl groups is 1. The van der Waals surface area contributed by atoms with E-state index in [2.05, 4.69) is 16.0 Å². The number of carbonyl (C=O) groups is 1. The summed E-state index contributed by atoms with van der Waals surface area (Å²) in [5, 5.41) is 19.3. The third-order valence-electron chi connectivity index (χ3n) is 3.52. The standard InChI is InChI=1S/C11H21N3O2/c15-10(9-1-4-12-5-2-9)14-8-11(16)3-6-13-7-11/h9,12-13,16H,1-8H2,(H,14,15). The van der Waals surface area contributed by atoms with E-state index < -0.39 is 5.60 Å². The molecule has 2 saturated heterocycles. The zero-order valence-corrected chi connectivity index (χ0v) is 9.59. The lowest BCUT2D eigenvalue weighted by molar-refractivity contribution is -0.126. The molecule has 0 saturated carbocycles. The average Bonchev–Trinajstić information content (AvgIpc) is 2.75. The van der Waals surface area contributed by atoms with Crippen LogP contribution >= 0.6 is 0 Å². The van der Waals surface area contributed by atoms with Crippen LogP contribution in [0.2, 0.25) is 0 Å². The molecule has 1 atom stereocenters. The second-order valence-electron chi connectivity index (χ2n) is 4.89. The molecule has 16 heavy (non-hydrogen) atoms. The summed E-state index contributed by atoms with van der Waals surface area (Å²) in [4.78, 5) is 11.8. The number of amides is 1. The fraction of sp³-hybridized carbons (Fsp3) is 0.909. The van der Waals surface area contributed by atoms with Crippen molar-refractivity contribution in [3.63, 3.8) is 0 Å². The number of carbonyl (C=O) groups excluding carboxylic acids is 1. The molecule has 2 aliphatic heterocycles. The molecule has 1 unspecified atom stereocenters. The number of piperidine rings is 1. The van der Waals surface area contributed by atoms with Crippen molar-refractivity contribution in [3.8, 4) is 0 Å². The summed E-state index contributed by atoms with van der Waals surface area (Å²) in [6.07, 6.45) is 2.53. The molecular formula is C11H21N3O2. The third-order valence-corrected chi connectivity index (χ3v) is 3.52. The fourth-order valence-corrected chi connectivity index (χ4v) is 2.36. The van der Waals surface area contributed by atoms with Crippen LogP contribution in [0.1, 0.15) is 19.3 Å². The number of nitrogens with one attached hydrogen (secondary N) is 3. The number of β-amino-alcohol motifs (C(OH)–C–C–N with tert-alkyl or cyclic N) is 1. The molecule has 2 fully saturated rings. The third kappa shape index (κ3) is 2.93. The smallest absolute Gasteiger partial charge is 0.223 e. The quantitative estimate of drug-likeness (QED) is 0.490. The maximum atomic E-state index is 11.8. The van der Waals surface area contributed by atoms with Gasteiger partial charge in [-0.05, 0) is 38.9 Å². The van der Waals surface area contributed by atoms with Crippen LogP contribution in [0, 0.1) is 5.92 Å². The van der Waals surface area contributed by atoms with Crippen LogP contribution in [0.3, 0.4) is 0 Å². The highest BCUT2D eigenvalue weighted by Gasteiger charge is 2.32. The van der Waals surface area contributed by atoms with Crippen molar-refractivity contribution in [1.82, 2.24) is 16.0 Å². The molecule has 0 aromatic carbocycles. The van der Waals surface area contributed by atoms with Crippen molar-refractivity contribution in [2.24, 2.45) is 5.92 Å². The highest BCUT2D eigenvalue weighted by molar-refractivity contribution is 5.78. The summed E-state index contributed by atoms with van der Waals surface area (Å²) in [5.41, 5.74) is -0.734. The lowest BCUT2D eigenvalue weighted by Crippen LogP contribution is -2.47. The highest BCUT2D eigenvalue weighted by atomic mass is 16.3. The van der Waals surface area contributed by atoms with Gasteiger partial charge in [0.1, 0.15) is 0 Å². The van der Waals surface area contributed by atoms with E-state index in [0.717, 1.165) is 38.9 Å². The number of rotatable bonds is 3. The summed E-state index contributed by atoms with van der Waals surface area (Å²) in [5.74, 6) is 0.223. The molecule has 5 heteroatoms. The summed E-state index contributed by atoms with van der Waals surface area (Å²) >= 11 is 0. The van der Waals surface area contributed by atoms with Gasteiger partial charge in [0.05, 0.1) is 5.60 Å². The maximum absolute atomic E-state index is 11.8. The van der Waals surface area contributed by atoms with Gasteiger partial charge in [-0.15, -0.1) is 0 Å². The van der Waals surface area contributed by atoms with Gasteiger partial charge in [0.25, 0.3) is 0 Å². The predicted molar refractivity (Wildman–Crippen MR) is 61.0 cm³/mol. The normalized spacial score (nSPS) is 31.6. The van der Waals surface area contributed by atoms with Gasteiger partial charge in [-0.25, -0.2) is 0 Å². The predicted octanol–water partition coefficient (Wildman–Crippen LogP) is -1.17. The first-order valence-electron chi connectivity index (χ1n) is 6.11. The molecule has 0 spiro atoms. The first-order valence-corrected chi connectivity index (χ1v) is 6.11. The molecule has 0 aliphatic carbocycles. The van der Waals surface area contributed by atoms with Crippen molar-refractivity contribution in [2.45, 2.75) is 24.9 Å². The van der Waals surface area contributed by atoms with Gasteiger partial charge in [0, 0.05) is 19.0 Å². The molecule has 2 heterocycles. The van der Waals surface area contributed by atoms with E-state index in [1.54, 1.807) is 0 Å². The molecule has 5 nitrogen and oxygen atoms in total. The summed E-state index contributed by atoms with van der Waals surface area (Å²) in [6, 6.07) is 0. The van der Waals surface area contributed by atoms with Crippen LogP contribution in [0.4, 0.5) is 0 Å². The van der Waals surface area contributed by atoms with Crippen molar-refractivity contribution >= 4 is 5.91 Å². The van der Waals surface area contributed by atoms with Crippen molar-refractivity contribution in [1.29, 1.82) is 0 Å². The van der Waals surface area contributed by atoms with Crippen molar-refractivity contribution < 1.29 is 9.90 Å². The molecule has 0 aromatic heterocycles. The zero-order chi connectivity index (χ0) is 11.4. The summed E-state index contributed by atoms with van der Waals surface area (Å²) in [7, 11) is 0. The van der Waals surface area contributed by atoms with E-state index in [-0.39, 0.29) is 11.8 Å². The van der Waals surface area contributed by atoms with Crippen LogP contribution in [0.5, 0.6) is 0 Å². The first-order chi connectivity index (χ1) is 7.70. The summed E-state index contributed by atoms with van der Waals surface area (Å²) in [6.45, 7) is 3.63. The Labute approximate surface area is 96.0 Å². The topological polar surface area (TPSA) is 73.4 Å². The summed E-state index contributed by atoms with van der Waals surface area (Å²) < 4.78 is 0. The molecule has 4 N–H and O–H groups in total. The Kier molecular flexibility index (Phi) is 3.78. The van der Waals surface area contributed by atoms with E-state index in [1.165, 1.54) is 0 Å². The van der Waals surface area contributed by atoms with E-state index in [9.17, 15) is 9.90 Å². The highest BCUT2D eigenvalue weighted by Crippen LogP contribution is 2.15. The van der Waals surface area contributed by atoms with Gasteiger partial charge in [-0.1, -0.05) is 0 Å². The minimum absolute atomic E-state index is 0.0989. The van der Waals surface area contributed by atoms with Crippen molar-refractivity contribution in [2.75, 3.05) is 32.7 Å². The van der Waals surface area contributed by atoms with E-state index >= 15 is 0 Å². The second-order valence-corrected chi connectivity index (χ2v) is 4.89. The molecule has 2 rings (SSSR count). The maximum Gasteiger partial charge on any atom is 0.223 e. The molecule has 2 aliphatic rings. The molecular weight excluding hydrogens is 206 g/mol. The van der Waals surface area contributed by atoms with Crippen LogP contribution in [-0.2, 0) is 4.79 Å². The first kappa shape index (κ1) is 11.8. The van der Waals surface area contributed by atoms with Gasteiger partial charge in [-0.2, -0.15) is 0 Å².